The van der Waals surface area contributed by atoms with E-state index < -0.39 is 0 Å². The molecule has 1 aromatic rings. The number of aromatic nitrogens is 2. The third kappa shape index (κ3) is 2.10. The molecule has 6 heteroatoms. The molecule has 2 aliphatic heterocycles. The van der Waals surface area contributed by atoms with Crippen LogP contribution in [0.1, 0.15) is 30.3 Å². The minimum Gasteiger partial charge on any atom is -0.396 e. The third-order valence-corrected chi connectivity index (χ3v) is 4.26. The predicted octanol–water partition coefficient (Wildman–Crippen LogP) is 0.311. The summed E-state index contributed by atoms with van der Waals surface area (Å²) in [5.41, 5.74) is 6.72. The Morgan fingerprint density at radius 2 is 2.26 bits per heavy atom. The van der Waals surface area contributed by atoms with Gasteiger partial charge in [0.05, 0.1) is 5.69 Å². The number of hydrogen-bond acceptors (Lipinski definition) is 4. The first-order chi connectivity index (χ1) is 9.06. The van der Waals surface area contributed by atoms with E-state index in [0.29, 0.717) is 17.4 Å². The topological polar surface area (TPSA) is 67.4 Å². The molecule has 0 radical (unpaired) electrons. The lowest BCUT2D eigenvalue weighted by Gasteiger charge is -2.42. The van der Waals surface area contributed by atoms with Gasteiger partial charge in [0, 0.05) is 38.4 Å². The molecule has 19 heavy (non-hydrogen) atoms. The van der Waals surface area contributed by atoms with Crippen LogP contribution < -0.4 is 5.73 Å². The number of rotatable bonds is 1. The Labute approximate surface area is 113 Å². The molecule has 0 aliphatic carbocycles. The molecule has 104 valence electrons. The van der Waals surface area contributed by atoms with E-state index in [4.69, 9.17) is 5.73 Å². The van der Waals surface area contributed by atoms with Crippen molar-refractivity contribution in [3.8, 4) is 0 Å². The van der Waals surface area contributed by atoms with Gasteiger partial charge in [0.25, 0.3) is 5.91 Å². The van der Waals surface area contributed by atoms with Gasteiger partial charge in [-0.05, 0) is 26.3 Å². The second-order valence-electron chi connectivity index (χ2n) is 5.70. The quantitative estimate of drug-likeness (QED) is 0.792. The number of nitrogen functional groups attached to an aromatic ring is 1. The van der Waals surface area contributed by atoms with Crippen LogP contribution in [0.25, 0.3) is 0 Å². The van der Waals surface area contributed by atoms with Crippen molar-refractivity contribution in [2.24, 2.45) is 7.05 Å². The van der Waals surface area contributed by atoms with Gasteiger partial charge in [-0.15, -0.1) is 0 Å². The number of piperazine rings is 1. The molecule has 6 nitrogen and oxygen atoms in total. The summed E-state index contributed by atoms with van der Waals surface area (Å²) >= 11 is 0. The fourth-order valence-corrected chi connectivity index (χ4v) is 3.28. The second kappa shape index (κ2) is 4.52. The van der Waals surface area contributed by atoms with E-state index in [1.165, 1.54) is 19.4 Å². The smallest absolute Gasteiger partial charge is 0.276 e. The lowest BCUT2D eigenvalue weighted by Crippen LogP contribution is -2.56. The summed E-state index contributed by atoms with van der Waals surface area (Å²) in [6.45, 7) is 5.04. The molecule has 3 heterocycles. The van der Waals surface area contributed by atoms with Crippen molar-refractivity contribution < 1.29 is 4.79 Å². The standard InChI is InChI=1S/C13H21N5O/c1-9-6-17-5-3-4-10(17)7-18(9)13(19)12-11(14)8-16(2)15-12/h8-10H,3-7,14H2,1-2H3. The van der Waals surface area contributed by atoms with Gasteiger partial charge in [0.2, 0.25) is 0 Å². The molecule has 0 spiro atoms. The molecule has 2 N–H and O–H groups in total. The van der Waals surface area contributed by atoms with Crippen LogP contribution in [0.5, 0.6) is 0 Å². The highest BCUT2D eigenvalue weighted by Crippen LogP contribution is 2.26. The Kier molecular flexibility index (Phi) is 2.97. The van der Waals surface area contributed by atoms with Crippen LogP contribution in [0.2, 0.25) is 0 Å². The van der Waals surface area contributed by atoms with Crippen LogP contribution in [0, 0.1) is 0 Å². The first kappa shape index (κ1) is 12.5. The van der Waals surface area contributed by atoms with E-state index in [1.807, 2.05) is 4.90 Å². The van der Waals surface area contributed by atoms with Gasteiger partial charge in [-0.1, -0.05) is 0 Å². The number of carbonyl (C=O) groups excluding carboxylic acids is 1. The first-order valence-corrected chi connectivity index (χ1v) is 6.90. The maximum absolute atomic E-state index is 12.6. The summed E-state index contributed by atoms with van der Waals surface area (Å²) in [6.07, 6.45) is 4.11. The summed E-state index contributed by atoms with van der Waals surface area (Å²) in [5, 5.41) is 4.19. The molecule has 3 rings (SSSR count). The predicted molar refractivity (Wildman–Crippen MR) is 72.7 cm³/mol. The van der Waals surface area contributed by atoms with Gasteiger partial charge in [0.15, 0.2) is 5.69 Å². The van der Waals surface area contributed by atoms with Crippen LogP contribution in [0.3, 0.4) is 0 Å². The number of carbonyl (C=O) groups is 1. The van der Waals surface area contributed by atoms with Crippen LogP contribution in [-0.2, 0) is 7.05 Å². The number of hydrogen-bond donors (Lipinski definition) is 1. The summed E-state index contributed by atoms with van der Waals surface area (Å²) in [5.74, 6) is -0.0304. The molecule has 2 atom stereocenters. The third-order valence-electron chi connectivity index (χ3n) is 4.26. The molecule has 2 fully saturated rings. The van der Waals surface area contributed by atoms with E-state index in [9.17, 15) is 4.79 Å². The Bertz CT molecular complexity index is 497. The molecule has 0 bridgehead atoms. The molecule has 1 amide bonds. The Morgan fingerprint density at radius 1 is 1.47 bits per heavy atom. The normalized spacial score (nSPS) is 27.6. The minimum atomic E-state index is -0.0304. The maximum atomic E-state index is 12.6. The number of anilines is 1. The van der Waals surface area contributed by atoms with Crippen molar-refractivity contribution in [3.63, 3.8) is 0 Å². The van der Waals surface area contributed by atoms with E-state index in [2.05, 4.69) is 16.9 Å². The van der Waals surface area contributed by atoms with Crippen LogP contribution in [0.4, 0.5) is 5.69 Å². The second-order valence-corrected chi connectivity index (χ2v) is 5.70. The number of amides is 1. The van der Waals surface area contributed by atoms with Crippen LogP contribution in [-0.4, -0.2) is 57.2 Å². The van der Waals surface area contributed by atoms with Crippen molar-refractivity contribution in [3.05, 3.63) is 11.9 Å². The molecule has 0 saturated carbocycles. The number of fused-ring (bicyclic) bond motifs is 1. The van der Waals surface area contributed by atoms with Gasteiger partial charge in [0.1, 0.15) is 0 Å². The summed E-state index contributed by atoms with van der Waals surface area (Å²) in [7, 11) is 1.78. The van der Waals surface area contributed by atoms with E-state index in [0.717, 1.165) is 13.1 Å². The summed E-state index contributed by atoms with van der Waals surface area (Å²) in [4.78, 5) is 17.0. The van der Waals surface area contributed by atoms with Gasteiger partial charge in [-0.25, -0.2) is 0 Å². The van der Waals surface area contributed by atoms with Crippen molar-refractivity contribution in [2.45, 2.75) is 31.8 Å². The fraction of sp³-hybridized carbons (Fsp3) is 0.692. The van der Waals surface area contributed by atoms with Gasteiger partial charge >= 0.3 is 0 Å². The summed E-state index contributed by atoms with van der Waals surface area (Å²) < 4.78 is 1.60. The highest BCUT2D eigenvalue weighted by atomic mass is 16.2. The molecule has 2 aliphatic rings. The zero-order chi connectivity index (χ0) is 13.6. The largest absolute Gasteiger partial charge is 0.396 e. The highest BCUT2D eigenvalue weighted by molar-refractivity contribution is 5.97. The van der Waals surface area contributed by atoms with E-state index >= 15 is 0 Å². The Balaban J connectivity index is 1.81. The average molecular weight is 263 g/mol. The number of aryl methyl sites for hydroxylation is 1. The number of nitrogens with two attached hydrogens (primary N) is 1. The van der Waals surface area contributed by atoms with Crippen molar-refractivity contribution >= 4 is 11.6 Å². The van der Waals surface area contributed by atoms with Gasteiger partial charge < -0.3 is 10.6 Å². The van der Waals surface area contributed by atoms with E-state index in [-0.39, 0.29) is 11.9 Å². The first-order valence-electron chi connectivity index (χ1n) is 6.90. The van der Waals surface area contributed by atoms with Crippen molar-refractivity contribution in [2.75, 3.05) is 25.4 Å². The van der Waals surface area contributed by atoms with E-state index in [1.54, 1.807) is 17.9 Å². The Hall–Kier alpha value is -1.56. The molecule has 0 aromatic carbocycles. The van der Waals surface area contributed by atoms with Gasteiger partial charge in [-0.2, -0.15) is 5.10 Å². The fourth-order valence-electron chi connectivity index (χ4n) is 3.28. The molecule has 2 saturated heterocycles. The zero-order valence-corrected chi connectivity index (χ0v) is 11.5. The van der Waals surface area contributed by atoms with Crippen LogP contribution in [0.15, 0.2) is 6.20 Å². The SMILES string of the molecule is CC1CN2CCCC2CN1C(=O)c1nn(C)cc1N. The van der Waals surface area contributed by atoms with Crippen LogP contribution >= 0.6 is 0 Å². The minimum absolute atomic E-state index is 0.0304. The lowest BCUT2D eigenvalue weighted by molar-refractivity contribution is 0.0390. The number of nitrogens with zero attached hydrogens (tertiary/aromatic N) is 4. The highest BCUT2D eigenvalue weighted by Gasteiger charge is 2.37. The van der Waals surface area contributed by atoms with Crippen molar-refractivity contribution in [1.29, 1.82) is 0 Å². The Morgan fingerprint density at radius 3 is 2.95 bits per heavy atom. The molecular formula is C13H21N5O. The zero-order valence-electron chi connectivity index (χ0n) is 11.5. The van der Waals surface area contributed by atoms with Crippen molar-refractivity contribution in [1.82, 2.24) is 19.6 Å². The monoisotopic (exact) mass is 263 g/mol. The summed E-state index contributed by atoms with van der Waals surface area (Å²) in [6, 6.07) is 0.744. The average Bonchev–Trinajstić information content (AvgIpc) is 2.93. The molecule has 1 aromatic heterocycles. The lowest BCUT2D eigenvalue weighted by atomic mass is 10.1. The molecular weight excluding hydrogens is 242 g/mol. The molecule has 2 unspecified atom stereocenters. The maximum Gasteiger partial charge on any atom is 0.276 e. The van der Waals surface area contributed by atoms with Gasteiger partial charge in [-0.3, -0.25) is 14.4 Å².